The number of hydrogen-bond acceptors (Lipinski definition) is 3. The minimum Gasteiger partial charge on any atom is -0.508 e. The topological polar surface area (TPSA) is 79.5 Å². The molecule has 0 bridgehead atoms. The third-order valence-electron chi connectivity index (χ3n) is 5.98. The fraction of sp³-hybridized carbons (Fsp3) is 0.304. The number of aromatic nitrogens is 1. The third kappa shape index (κ3) is 3.16. The van der Waals surface area contributed by atoms with Gasteiger partial charge >= 0.3 is 5.97 Å². The Morgan fingerprint density at radius 2 is 1.70 bits per heavy atom. The number of hydrogen-bond donors (Lipinski definition) is 2. The molecule has 0 saturated heterocycles. The number of aliphatic carboxylic acids is 1. The zero-order valence-corrected chi connectivity index (χ0v) is 18.1. The van der Waals surface area contributed by atoms with E-state index in [0.29, 0.717) is 22.2 Å². The predicted octanol–water partition coefficient (Wildman–Crippen LogP) is 5.52. The van der Waals surface area contributed by atoms with E-state index in [2.05, 4.69) is 0 Å². The van der Waals surface area contributed by atoms with Crippen molar-refractivity contribution in [3.63, 3.8) is 0 Å². The molecule has 0 saturated carbocycles. The summed E-state index contributed by atoms with van der Waals surface area (Å²) in [5.41, 5.74) is -0.752. The first kappa shape index (κ1) is 21.8. The second kappa shape index (κ2) is 7.13. The fourth-order valence-corrected chi connectivity index (χ4v) is 3.98. The molecule has 158 valence electrons. The van der Waals surface area contributed by atoms with Crippen molar-refractivity contribution < 1.29 is 24.2 Å². The second-order valence-electron chi connectivity index (χ2n) is 8.61. The van der Waals surface area contributed by atoms with Gasteiger partial charge in [-0.1, -0.05) is 32.4 Å². The van der Waals surface area contributed by atoms with Crippen molar-refractivity contribution in [3.05, 3.63) is 64.1 Å². The van der Waals surface area contributed by atoms with Crippen LogP contribution < -0.4 is 0 Å². The lowest BCUT2D eigenvalue weighted by Crippen LogP contribution is -2.45. The van der Waals surface area contributed by atoms with Gasteiger partial charge in [-0.3, -0.25) is 14.2 Å². The SMILES string of the molecule is Cc1c([C@](C)(C(=O)O)C(C)(C)C)c2cc(O)ccc2n1C(=O)c1ccc(Cl)c(F)c1. The number of fused-ring (bicyclic) bond motifs is 1. The Bertz CT molecular complexity index is 1190. The number of benzene rings is 2. The van der Waals surface area contributed by atoms with Gasteiger partial charge < -0.3 is 10.2 Å². The van der Waals surface area contributed by atoms with Gasteiger partial charge in [0.25, 0.3) is 5.91 Å². The highest BCUT2D eigenvalue weighted by Crippen LogP contribution is 2.47. The van der Waals surface area contributed by atoms with Crippen LogP contribution in [0.1, 0.15) is 49.3 Å². The Morgan fingerprint density at radius 3 is 2.23 bits per heavy atom. The highest BCUT2D eigenvalue weighted by atomic mass is 35.5. The van der Waals surface area contributed by atoms with E-state index in [-0.39, 0.29) is 16.3 Å². The van der Waals surface area contributed by atoms with Crippen LogP contribution in [-0.2, 0) is 10.2 Å². The minimum absolute atomic E-state index is 0.0486. The maximum absolute atomic E-state index is 14.0. The normalized spacial score (nSPS) is 14.0. The van der Waals surface area contributed by atoms with Crippen LogP contribution in [0.3, 0.4) is 0 Å². The van der Waals surface area contributed by atoms with Crippen molar-refractivity contribution in [1.29, 1.82) is 0 Å². The number of halogens is 2. The summed E-state index contributed by atoms with van der Waals surface area (Å²) in [7, 11) is 0. The van der Waals surface area contributed by atoms with Gasteiger partial charge in [0, 0.05) is 16.6 Å². The van der Waals surface area contributed by atoms with Gasteiger partial charge in [0.05, 0.1) is 16.0 Å². The highest BCUT2D eigenvalue weighted by Gasteiger charge is 2.49. The molecule has 30 heavy (non-hydrogen) atoms. The second-order valence-corrected chi connectivity index (χ2v) is 9.02. The Labute approximate surface area is 178 Å². The first-order valence-corrected chi connectivity index (χ1v) is 9.76. The summed E-state index contributed by atoms with van der Waals surface area (Å²) in [6.45, 7) is 8.69. The predicted molar refractivity (Wildman–Crippen MR) is 114 cm³/mol. The van der Waals surface area contributed by atoms with Gasteiger partial charge in [-0.25, -0.2) is 4.39 Å². The van der Waals surface area contributed by atoms with Gasteiger partial charge in [0.1, 0.15) is 11.6 Å². The first-order chi connectivity index (χ1) is 13.8. The maximum Gasteiger partial charge on any atom is 0.314 e. The molecule has 3 rings (SSSR count). The van der Waals surface area contributed by atoms with E-state index in [1.165, 1.54) is 28.8 Å². The average molecular weight is 432 g/mol. The summed E-state index contributed by atoms with van der Waals surface area (Å²) >= 11 is 5.74. The number of carboxylic acid groups (broad SMARTS) is 1. The molecule has 0 radical (unpaired) electrons. The van der Waals surface area contributed by atoms with Crippen LogP contribution in [0, 0.1) is 18.2 Å². The summed E-state index contributed by atoms with van der Waals surface area (Å²) in [6.07, 6.45) is 0. The molecule has 0 aliphatic heterocycles. The summed E-state index contributed by atoms with van der Waals surface area (Å²) in [6, 6.07) is 8.20. The number of carbonyl (C=O) groups is 2. The number of phenols is 1. The van der Waals surface area contributed by atoms with Crippen LogP contribution in [0.5, 0.6) is 5.75 Å². The Balaban J connectivity index is 2.41. The van der Waals surface area contributed by atoms with Crippen molar-refractivity contribution in [1.82, 2.24) is 4.57 Å². The summed E-state index contributed by atoms with van der Waals surface area (Å²) in [5.74, 6) is -2.34. The lowest BCUT2D eigenvalue weighted by atomic mass is 9.63. The van der Waals surface area contributed by atoms with Crippen LogP contribution in [0.2, 0.25) is 5.02 Å². The molecule has 0 spiro atoms. The lowest BCUT2D eigenvalue weighted by molar-refractivity contribution is -0.147. The van der Waals surface area contributed by atoms with E-state index in [1.54, 1.807) is 19.9 Å². The number of nitrogens with zero attached hydrogens (tertiary/aromatic N) is 1. The summed E-state index contributed by atoms with van der Waals surface area (Å²) < 4.78 is 15.3. The van der Waals surface area contributed by atoms with E-state index >= 15 is 0 Å². The summed E-state index contributed by atoms with van der Waals surface area (Å²) in [5, 5.41) is 20.6. The summed E-state index contributed by atoms with van der Waals surface area (Å²) in [4.78, 5) is 25.8. The molecule has 0 amide bonds. The minimum atomic E-state index is -1.38. The smallest absolute Gasteiger partial charge is 0.314 e. The number of carboxylic acids is 1. The lowest BCUT2D eigenvalue weighted by Gasteiger charge is -2.39. The monoisotopic (exact) mass is 431 g/mol. The highest BCUT2D eigenvalue weighted by molar-refractivity contribution is 6.30. The molecule has 1 aromatic heterocycles. The molecule has 0 aliphatic carbocycles. The molecule has 7 heteroatoms. The molecule has 3 aromatic rings. The molecule has 2 N–H and O–H groups in total. The molecule has 0 unspecified atom stereocenters. The zero-order chi connectivity index (χ0) is 22.6. The van der Waals surface area contributed by atoms with E-state index < -0.39 is 28.5 Å². The largest absolute Gasteiger partial charge is 0.508 e. The van der Waals surface area contributed by atoms with Crippen molar-refractivity contribution in [2.75, 3.05) is 0 Å². The average Bonchev–Trinajstić information content (AvgIpc) is 2.92. The molecule has 2 aromatic carbocycles. The van der Waals surface area contributed by atoms with Crippen molar-refractivity contribution in [3.8, 4) is 5.75 Å². The molecule has 0 aliphatic rings. The van der Waals surface area contributed by atoms with Crippen molar-refractivity contribution in [2.45, 2.75) is 40.0 Å². The van der Waals surface area contributed by atoms with Gasteiger partial charge in [0.15, 0.2) is 0 Å². The number of aromatic hydroxyl groups is 1. The number of carbonyl (C=O) groups excluding carboxylic acids is 1. The van der Waals surface area contributed by atoms with Gasteiger partial charge in [-0.05, 0) is 61.2 Å². The molecule has 0 fully saturated rings. The van der Waals surface area contributed by atoms with Crippen LogP contribution >= 0.6 is 11.6 Å². The first-order valence-electron chi connectivity index (χ1n) is 9.38. The molecule has 1 atom stereocenters. The van der Waals surface area contributed by atoms with Gasteiger partial charge in [0.2, 0.25) is 0 Å². The van der Waals surface area contributed by atoms with Crippen molar-refractivity contribution in [2.24, 2.45) is 5.41 Å². The van der Waals surface area contributed by atoms with Crippen LogP contribution in [0.4, 0.5) is 4.39 Å². The Morgan fingerprint density at radius 1 is 1.07 bits per heavy atom. The van der Waals surface area contributed by atoms with E-state index in [1.807, 2.05) is 20.8 Å². The van der Waals surface area contributed by atoms with E-state index in [0.717, 1.165) is 6.07 Å². The van der Waals surface area contributed by atoms with E-state index in [9.17, 15) is 24.2 Å². The standard InChI is InChI=1S/C23H23ClFNO4/c1-12-19(23(5,21(29)30)22(2,3)4)15-11-14(27)7-9-18(15)26(12)20(28)13-6-8-16(24)17(25)10-13/h6-11,27H,1-5H3,(H,29,30)/t23-/m1/s1. The van der Waals surface area contributed by atoms with Crippen LogP contribution in [0.25, 0.3) is 10.9 Å². The number of phenolic OH excluding ortho intramolecular Hbond substituents is 1. The number of rotatable bonds is 3. The Hall–Kier alpha value is -2.86. The molecular formula is C23H23ClFNO4. The molecular weight excluding hydrogens is 409 g/mol. The fourth-order valence-electron chi connectivity index (χ4n) is 3.86. The van der Waals surface area contributed by atoms with Crippen LogP contribution in [0.15, 0.2) is 36.4 Å². The zero-order valence-electron chi connectivity index (χ0n) is 17.4. The van der Waals surface area contributed by atoms with E-state index in [4.69, 9.17) is 11.6 Å². The third-order valence-corrected chi connectivity index (χ3v) is 6.29. The molecule has 5 nitrogen and oxygen atoms in total. The van der Waals surface area contributed by atoms with Gasteiger partial charge in [-0.2, -0.15) is 0 Å². The van der Waals surface area contributed by atoms with Crippen molar-refractivity contribution >= 4 is 34.4 Å². The quantitative estimate of drug-likeness (QED) is 0.571. The van der Waals surface area contributed by atoms with Crippen LogP contribution in [-0.4, -0.2) is 26.7 Å². The van der Waals surface area contributed by atoms with Gasteiger partial charge in [-0.15, -0.1) is 0 Å². The molecule has 1 heterocycles. The maximum atomic E-state index is 14.0. The Kier molecular flexibility index (Phi) is 5.19.